The molecule has 0 aliphatic heterocycles. The van der Waals surface area contributed by atoms with Crippen LogP contribution >= 0.6 is 0 Å². The van der Waals surface area contributed by atoms with Gasteiger partial charge in [0.25, 0.3) is 15.9 Å². The highest BCUT2D eigenvalue weighted by Gasteiger charge is 2.21. The smallest absolute Gasteiger partial charge is 0.312 e. The molecule has 0 bridgehead atoms. The number of benzene rings is 2. The average Bonchev–Trinajstić information content (AvgIpc) is 2.74. The van der Waals surface area contributed by atoms with Crippen LogP contribution in [0.2, 0.25) is 0 Å². The summed E-state index contributed by atoms with van der Waals surface area (Å²) in [5.74, 6) is -0.986. The van der Waals surface area contributed by atoms with Crippen molar-refractivity contribution in [2.75, 3.05) is 4.72 Å². The Bertz CT molecular complexity index is 1210. The summed E-state index contributed by atoms with van der Waals surface area (Å²) in [5.41, 5.74) is 0.590. The summed E-state index contributed by atoms with van der Waals surface area (Å²) in [7, 11) is -4.15. The highest BCUT2D eigenvalue weighted by Crippen LogP contribution is 2.29. The number of nitro benzene ring substituents is 1. The van der Waals surface area contributed by atoms with Gasteiger partial charge in [-0.05, 0) is 55.0 Å². The van der Waals surface area contributed by atoms with Gasteiger partial charge in [-0.15, -0.1) is 0 Å². The molecule has 31 heavy (non-hydrogen) atoms. The minimum atomic E-state index is -4.15. The molecule has 2 aromatic carbocycles. The molecule has 3 rings (SSSR count). The van der Waals surface area contributed by atoms with E-state index in [1.807, 2.05) is 13.0 Å². The second-order valence-electron chi connectivity index (χ2n) is 6.57. The molecule has 3 N–H and O–H groups in total. The van der Waals surface area contributed by atoms with Crippen LogP contribution in [-0.4, -0.2) is 29.3 Å². The van der Waals surface area contributed by atoms with Gasteiger partial charge in [-0.25, -0.2) is 8.42 Å². The first-order chi connectivity index (χ1) is 14.7. The zero-order chi connectivity index (χ0) is 22.6. The number of phenols is 1. The van der Waals surface area contributed by atoms with E-state index in [0.717, 1.165) is 23.8 Å². The van der Waals surface area contributed by atoms with Gasteiger partial charge in [-0.2, -0.15) is 0 Å². The Morgan fingerprint density at radius 3 is 2.48 bits per heavy atom. The van der Waals surface area contributed by atoms with Crippen LogP contribution in [0.25, 0.3) is 0 Å². The van der Waals surface area contributed by atoms with E-state index in [1.54, 1.807) is 18.5 Å². The first kappa shape index (κ1) is 21.7. The Morgan fingerprint density at radius 2 is 1.87 bits per heavy atom. The molecular weight excluding hydrogens is 424 g/mol. The zero-order valence-electron chi connectivity index (χ0n) is 16.2. The number of phenolic OH excluding ortho intramolecular Hbond substituents is 1. The van der Waals surface area contributed by atoms with Crippen molar-refractivity contribution in [2.45, 2.75) is 17.9 Å². The fourth-order valence-electron chi connectivity index (χ4n) is 2.72. The molecule has 10 nitrogen and oxygen atoms in total. The van der Waals surface area contributed by atoms with E-state index < -0.39 is 26.4 Å². The fourth-order valence-corrected chi connectivity index (χ4v) is 3.79. The van der Waals surface area contributed by atoms with Crippen molar-refractivity contribution in [1.82, 2.24) is 10.3 Å². The van der Waals surface area contributed by atoms with Gasteiger partial charge < -0.3 is 10.4 Å². The molecule has 1 heterocycles. The van der Waals surface area contributed by atoms with E-state index in [1.165, 1.54) is 24.3 Å². The third-order valence-corrected chi connectivity index (χ3v) is 5.76. The highest BCUT2D eigenvalue weighted by molar-refractivity contribution is 7.92. The third kappa shape index (κ3) is 5.14. The molecule has 0 aliphatic carbocycles. The number of rotatable bonds is 7. The fraction of sp³-hybridized carbons (Fsp3) is 0.100. The summed E-state index contributed by atoms with van der Waals surface area (Å²) in [6.07, 6.45) is 3.28. The first-order valence-corrected chi connectivity index (χ1v) is 10.5. The molecule has 3 aromatic rings. The van der Waals surface area contributed by atoms with E-state index in [-0.39, 0.29) is 22.5 Å². The van der Waals surface area contributed by atoms with Crippen molar-refractivity contribution >= 4 is 27.3 Å². The average molecular weight is 442 g/mol. The molecule has 0 saturated carbocycles. The van der Waals surface area contributed by atoms with Gasteiger partial charge in [0.2, 0.25) is 0 Å². The van der Waals surface area contributed by atoms with Gasteiger partial charge in [0, 0.05) is 29.7 Å². The van der Waals surface area contributed by atoms with Crippen molar-refractivity contribution in [3.05, 3.63) is 88.2 Å². The standard InChI is InChI=1S/C20H18N4O6S/c1-13(15-3-2-10-21-12-15)22-20(26)14-4-6-16(7-5-14)23-31(29,30)17-8-9-19(25)18(11-17)24(27)28/h2-13,23,25H,1H3,(H,22,26). The van der Waals surface area contributed by atoms with Crippen molar-refractivity contribution < 1.29 is 23.2 Å². The number of anilines is 1. The molecule has 0 aliphatic rings. The van der Waals surface area contributed by atoms with Crippen LogP contribution in [0.4, 0.5) is 11.4 Å². The van der Waals surface area contributed by atoms with E-state index in [2.05, 4.69) is 15.0 Å². The monoisotopic (exact) mass is 442 g/mol. The predicted molar refractivity (Wildman–Crippen MR) is 112 cm³/mol. The summed E-state index contributed by atoms with van der Waals surface area (Å²) >= 11 is 0. The van der Waals surface area contributed by atoms with Crippen LogP contribution in [0.1, 0.15) is 28.9 Å². The first-order valence-electron chi connectivity index (χ1n) is 8.98. The Hall–Kier alpha value is -3.99. The van der Waals surface area contributed by atoms with E-state index in [0.29, 0.717) is 5.56 Å². The number of nitrogens with zero attached hydrogens (tertiary/aromatic N) is 2. The lowest BCUT2D eigenvalue weighted by atomic mass is 10.1. The van der Waals surface area contributed by atoms with Crippen LogP contribution in [0.3, 0.4) is 0 Å². The lowest BCUT2D eigenvalue weighted by molar-refractivity contribution is -0.386. The SMILES string of the molecule is CC(NC(=O)c1ccc(NS(=O)(=O)c2ccc(O)c([N+](=O)[O-])c2)cc1)c1cccnc1. The maximum Gasteiger partial charge on any atom is 0.312 e. The van der Waals surface area contributed by atoms with Gasteiger partial charge in [0.15, 0.2) is 5.75 Å². The number of carbonyl (C=O) groups is 1. The van der Waals surface area contributed by atoms with Gasteiger partial charge in [0.1, 0.15) is 0 Å². The van der Waals surface area contributed by atoms with Gasteiger partial charge in [-0.3, -0.25) is 24.6 Å². The number of aromatic hydroxyl groups is 1. The molecule has 0 radical (unpaired) electrons. The van der Waals surface area contributed by atoms with Crippen LogP contribution < -0.4 is 10.0 Å². The summed E-state index contributed by atoms with van der Waals surface area (Å²) in [5, 5.41) is 23.2. The van der Waals surface area contributed by atoms with Crippen molar-refractivity contribution in [3.63, 3.8) is 0 Å². The number of aromatic nitrogens is 1. The van der Waals surface area contributed by atoms with Crippen LogP contribution in [-0.2, 0) is 10.0 Å². The van der Waals surface area contributed by atoms with Crippen molar-refractivity contribution in [2.24, 2.45) is 0 Å². The summed E-state index contributed by atoms with van der Waals surface area (Å²) < 4.78 is 27.3. The van der Waals surface area contributed by atoms with Crippen LogP contribution in [0.15, 0.2) is 71.9 Å². The minimum Gasteiger partial charge on any atom is -0.502 e. The Morgan fingerprint density at radius 1 is 1.16 bits per heavy atom. The molecule has 11 heteroatoms. The van der Waals surface area contributed by atoms with Gasteiger partial charge in [0.05, 0.1) is 15.9 Å². The minimum absolute atomic E-state index is 0.160. The van der Waals surface area contributed by atoms with Crippen LogP contribution in [0.5, 0.6) is 5.75 Å². The maximum absolute atomic E-state index is 12.5. The molecule has 160 valence electrons. The summed E-state index contributed by atoms with van der Waals surface area (Å²) in [6, 6.07) is 11.8. The molecular formula is C20H18N4O6S. The molecule has 0 spiro atoms. The largest absolute Gasteiger partial charge is 0.502 e. The number of nitrogens with one attached hydrogen (secondary N) is 2. The molecule has 1 amide bonds. The second-order valence-corrected chi connectivity index (χ2v) is 8.25. The molecule has 1 aromatic heterocycles. The molecule has 0 fully saturated rings. The summed E-state index contributed by atoms with van der Waals surface area (Å²) in [6.45, 7) is 1.81. The Kier molecular flexibility index (Phi) is 6.16. The van der Waals surface area contributed by atoms with Gasteiger partial charge in [-0.1, -0.05) is 6.07 Å². The number of pyridine rings is 1. The van der Waals surface area contributed by atoms with Crippen molar-refractivity contribution in [1.29, 1.82) is 0 Å². The topological polar surface area (TPSA) is 152 Å². The zero-order valence-corrected chi connectivity index (χ0v) is 17.0. The number of sulfonamides is 1. The normalized spacial score (nSPS) is 12.0. The number of amides is 1. The van der Waals surface area contributed by atoms with Crippen molar-refractivity contribution in [3.8, 4) is 5.75 Å². The van der Waals surface area contributed by atoms with Gasteiger partial charge >= 0.3 is 5.69 Å². The van der Waals surface area contributed by atoms with E-state index in [9.17, 15) is 28.4 Å². The Balaban J connectivity index is 1.72. The maximum atomic E-state index is 12.5. The number of hydrogen-bond donors (Lipinski definition) is 3. The molecule has 1 unspecified atom stereocenters. The lowest BCUT2D eigenvalue weighted by Crippen LogP contribution is -2.26. The van der Waals surface area contributed by atoms with Crippen LogP contribution in [0, 0.1) is 10.1 Å². The third-order valence-electron chi connectivity index (χ3n) is 4.39. The highest BCUT2D eigenvalue weighted by atomic mass is 32.2. The van der Waals surface area contributed by atoms with E-state index >= 15 is 0 Å². The number of hydrogen-bond acceptors (Lipinski definition) is 7. The predicted octanol–water partition coefficient (Wildman–Crippen LogP) is 2.99. The van der Waals surface area contributed by atoms with E-state index in [4.69, 9.17) is 0 Å². The quantitative estimate of drug-likeness (QED) is 0.376. The molecule has 0 saturated heterocycles. The summed E-state index contributed by atoms with van der Waals surface area (Å²) in [4.78, 5) is 26.1. The number of nitro groups is 1. The lowest BCUT2D eigenvalue weighted by Gasteiger charge is -2.14. The number of carbonyl (C=O) groups excluding carboxylic acids is 1. The molecule has 1 atom stereocenters. The Labute approximate surface area is 177 Å². The second kappa shape index (κ2) is 8.79.